The Morgan fingerprint density at radius 2 is 2.08 bits per heavy atom. The molecule has 1 amide bonds. The molecule has 0 atom stereocenters. The van der Waals surface area contributed by atoms with Gasteiger partial charge in [0, 0.05) is 37.6 Å². The van der Waals surface area contributed by atoms with Gasteiger partial charge in [0.1, 0.15) is 0 Å². The number of fused-ring (bicyclic) bond motifs is 1. The summed E-state index contributed by atoms with van der Waals surface area (Å²) >= 11 is 1.40. The van der Waals surface area contributed by atoms with Crippen LogP contribution in [0.4, 0.5) is 0 Å². The van der Waals surface area contributed by atoms with Crippen LogP contribution in [0.15, 0.2) is 30.5 Å². The van der Waals surface area contributed by atoms with Crippen LogP contribution in [0.2, 0.25) is 0 Å². The largest absolute Gasteiger partial charge is 0.487 e. The summed E-state index contributed by atoms with van der Waals surface area (Å²) in [5.74, 6) is 0.467. The summed E-state index contributed by atoms with van der Waals surface area (Å²) in [5.41, 5.74) is 2.03. The number of hydrogen-bond acceptors (Lipinski definition) is 5. The molecule has 0 unspecified atom stereocenters. The van der Waals surface area contributed by atoms with Crippen molar-refractivity contribution in [3.8, 4) is 5.06 Å². The highest BCUT2D eigenvalue weighted by Crippen LogP contribution is 2.33. The number of pyridine rings is 1. The average Bonchev–Trinajstić information content (AvgIpc) is 3.27. The second kappa shape index (κ2) is 6.48. The molecule has 0 aromatic carbocycles. The molecule has 0 spiro atoms. The summed E-state index contributed by atoms with van der Waals surface area (Å²) in [4.78, 5) is 19.7. The van der Waals surface area contributed by atoms with Crippen LogP contribution in [0.5, 0.6) is 5.06 Å². The third-order valence-corrected chi connectivity index (χ3v) is 5.82. The van der Waals surface area contributed by atoms with Crippen LogP contribution in [-0.4, -0.2) is 45.8 Å². The number of rotatable bonds is 3. The van der Waals surface area contributed by atoms with E-state index in [1.807, 2.05) is 34.8 Å². The number of aryl methyl sites for hydroxylation is 1. The van der Waals surface area contributed by atoms with Gasteiger partial charge in [0.2, 0.25) is 0 Å². The minimum absolute atomic E-state index is 0.0966. The van der Waals surface area contributed by atoms with Crippen LogP contribution in [0.3, 0.4) is 0 Å². The number of ether oxygens (including phenoxy) is 1. The Hall–Kier alpha value is -2.41. The molecule has 1 fully saturated rings. The van der Waals surface area contributed by atoms with Gasteiger partial charge >= 0.3 is 0 Å². The van der Waals surface area contributed by atoms with E-state index in [-0.39, 0.29) is 5.91 Å². The first-order valence-electron chi connectivity index (χ1n) is 8.38. The Labute approximate surface area is 150 Å². The van der Waals surface area contributed by atoms with Gasteiger partial charge in [-0.15, -0.1) is 0 Å². The molecule has 25 heavy (non-hydrogen) atoms. The summed E-state index contributed by atoms with van der Waals surface area (Å²) in [7, 11) is 3.55. The van der Waals surface area contributed by atoms with Gasteiger partial charge in [-0.25, -0.2) is 4.98 Å². The van der Waals surface area contributed by atoms with Gasteiger partial charge in [0.15, 0.2) is 10.7 Å². The lowest BCUT2D eigenvalue weighted by atomic mass is 9.92. The molecular formula is C18H20N4O2S. The quantitative estimate of drug-likeness (QED) is 0.724. The first kappa shape index (κ1) is 16.1. The fourth-order valence-corrected chi connectivity index (χ4v) is 4.26. The maximum absolute atomic E-state index is 12.6. The lowest BCUT2D eigenvalue weighted by Gasteiger charge is -2.31. The summed E-state index contributed by atoms with van der Waals surface area (Å²) < 4.78 is 7.03. The lowest BCUT2D eigenvalue weighted by Crippen LogP contribution is -2.37. The van der Waals surface area contributed by atoms with Crippen LogP contribution in [-0.2, 0) is 7.05 Å². The predicted molar refractivity (Wildman–Crippen MR) is 97.3 cm³/mol. The van der Waals surface area contributed by atoms with E-state index in [9.17, 15) is 4.79 Å². The normalized spacial score (nSPS) is 15.7. The number of nitrogens with zero attached hydrogens (tertiary/aromatic N) is 4. The van der Waals surface area contributed by atoms with E-state index in [0.717, 1.165) is 52.6 Å². The molecule has 130 valence electrons. The van der Waals surface area contributed by atoms with Gasteiger partial charge in [-0.3, -0.25) is 9.48 Å². The van der Waals surface area contributed by atoms with Crippen LogP contribution < -0.4 is 4.74 Å². The molecular weight excluding hydrogens is 336 g/mol. The van der Waals surface area contributed by atoms with Gasteiger partial charge in [0.25, 0.3) is 5.91 Å². The standard InChI is InChI=1S/C18H20N4O2S/c1-21-17-13(4-3-9-19-17)16(20-21)12-7-10-22(11-8-12)18(23)14-5-6-15(24-2)25-14/h3-6,9,12H,7-8,10-11H2,1-2H3. The van der Waals surface area contributed by atoms with Crippen LogP contribution in [0.1, 0.15) is 34.1 Å². The minimum atomic E-state index is 0.0966. The molecule has 0 bridgehead atoms. The van der Waals surface area contributed by atoms with Gasteiger partial charge in [-0.2, -0.15) is 5.10 Å². The average molecular weight is 356 g/mol. The highest BCUT2D eigenvalue weighted by molar-refractivity contribution is 7.15. The van der Waals surface area contributed by atoms with Crippen molar-refractivity contribution in [1.82, 2.24) is 19.7 Å². The molecule has 3 aromatic heterocycles. The highest BCUT2D eigenvalue weighted by Gasteiger charge is 2.28. The van der Waals surface area contributed by atoms with Crippen molar-refractivity contribution in [2.24, 2.45) is 7.05 Å². The van der Waals surface area contributed by atoms with E-state index >= 15 is 0 Å². The van der Waals surface area contributed by atoms with Crippen molar-refractivity contribution < 1.29 is 9.53 Å². The Morgan fingerprint density at radius 3 is 2.80 bits per heavy atom. The minimum Gasteiger partial charge on any atom is -0.487 e. The smallest absolute Gasteiger partial charge is 0.264 e. The van der Waals surface area contributed by atoms with E-state index in [2.05, 4.69) is 11.1 Å². The van der Waals surface area contributed by atoms with Crippen LogP contribution >= 0.6 is 11.3 Å². The number of thiophene rings is 1. The third-order valence-electron chi connectivity index (χ3n) is 4.79. The van der Waals surface area contributed by atoms with Crippen LogP contribution in [0.25, 0.3) is 11.0 Å². The van der Waals surface area contributed by atoms with E-state index < -0.39 is 0 Å². The van der Waals surface area contributed by atoms with Crippen molar-refractivity contribution >= 4 is 28.3 Å². The topological polar surface area (TPSA) is 60.2 Å². The number of piperidine rings is 1. The van der Waals surface area contributed by atoms with E-state index in [4.69, 9.17) is 9.84 Å². The molecule has 4 heterocycles. The van der Waals surface area contributed by atoms with Crippen molar-refractivity contribution in [1.29, 1.82) is 0 Å². The zero-order valence-corrected chi connectivity index (χ0v) is 15.1. The predicted octanol–water partition coefficient (Wildman–Crippen LogP) is 3.06. The summed E-state index contributed by atoms with van der Waals surface area (Å²) in [6.45, 7) is 1.50. The zero-order chi connectivity index (χ0) is 17.4. The molecule has 1 saturated heterocycles. The van der Waals surface area contributed by atoms with Crippen molar-refractivity contribution in [2.75, 3.05) is 20.2 Å². The van der Waals surface area contributed by atoms with Crippen molar-refractivity contribution in [3.05, 3.63) is 41.0 Å². The fourth-order valence-electron chi connectivity index (χ4n) is 3.48. The number of hydrogen-bond donors (Lipinski definition) is 0. The Balaban J connectivity index is 1.48. The summed E-state index contributed by atoms with van der Waals surface area (Å²) in [6, 6.07) is 7.73. The molecule has 0 saturated carbocycles. The molecule has 3 aromatic rings. The number of amides is 1. The first-order chi connectivity index (χ1) is 12.2. The van der Waals surface area contributed by atoms with Crippen LogP contribution in [0, 0.1) is 0 Å². The van der Waals surface area contributed by atoms with E-state index in [1.165, 1.54) is 11.3 Å². The Kier molecular flexibility index (Phi) is 4.17. The maximum Gasteiger partial charge on any atom is 0.264 e. The maximum atomic E-state index is 12.6. The molecule has 6 nitrogen and oxygen atoms in total. The third kappa shape index (κ3) is 2.89. The second-order valence-electron chi connectivity index (χ2n) is 6.27. The molecule has 0 radical (unpaired) electrons. The first-order valence-corrected chi connectivity index (χ1v) is 9.19. The Bertz CT molecular complexity index is 909. The van der Waals surface area contributed by atoms with Crippen molar-refractivity contribution in [3.63, 3.8) is 0 Å². The van der Waals surface area contributed by atoms with E-state index in [1.54, 1.807) is 13.3 Å². The van der Waals surface area contributed by atoms with Crippen molar-refractivity contribution in [2.45, 2.75) is 18.8 Å². The zero-order valence-electron chi connectivity index (χ0n) is 14.3. The van der Waals surface area contributed by atoms with Gasteiger partial charge in [-0.1, -0.05) is 11.3 Å². The highest BCUT2D eigenvalue weighted by atomic mass is 32.1. The molecule has 1 aliphatic heterocycles. The SMILES string of the molecule is COc1ccc(C(=O)N2CCC(c3nn(C)c4ncccc34)CC2)s1. The summed E-state index contributed by atoms with van der Waals surface area (Å²) in [5, 5.41) is 6.58. The number of carbonyl (C=O) groups excluding carboxylic acids is 1. The summed E-state index contributed by atoms with van der Waals surface area (Å²) in [6.07, 6.45) is 3.65. The number of aromatic nitrogens is 3. The number of carbonyl (C=O) groups is 1. The molecule has 0 aliphatic carbocycles. The molecule has 7 heteroatoms. The fraction of sp³-hybridized carbons (Fsp3) is 0.389. The second-order valence-corrected chi connectivity index (χ2v) is 7.32. The van der Waals surface area contributed by atoms with Gasteiger partial charge in [-0.05, 0) is 37.1 Å². The van der Waals surface area contributed by atoms with E-state index in [0.29, 0.717) is 5.92 Å². The number of methoxy groups -OCH3 is 1. The molecule has 1 aliphatic rings. The molecule has 4 rings (SSSR count). The monoisotopic (exact) mass is 356 g/mol. The van der Waals surface area contributed by atoms with Gasteiger partial charge in [0.05, 0.1) is 17.7 Å². The Morgan fingerprint density at radius 1 is 1.28 bits per heavy atom. The molecule has 0 N–H and O–H groups in total. The number of likely N-dealkylation sites (tertiary alicyclic amines) is 1. The van der Waals surface area contributed by atoms with Gasteiger partial charge < -0.3 is 9.64 Å². The lowest BCUT2D eigenvalue weighted by molar-refractivity contribution is 0.0717.